The van der Waals surface area contributed by atoms with Gasteiger partial charge in [0.05, 0.1) is 6.61 Å². The standard InChI is InChI=1S/C25H31N5O4S/c1-18-13-30(19(2)16-31)35(32,33)25-7-6-21(22-5-4-8-26-12-22)9-23(25)34-24(18)15-29(3)14-20-10-27-17-28-11-20/h4-12,17-19,24,31H,13-16H2,1-3H3/t18-,19+,24+/m1/s1. The summed E-state index contributed by atoms with van der Waals surface area (Å²) in [5, 5.41) is 9.82. The molecule has 0 bridgehead atoms. The van der Waals surface area contributed by atoms with Crippen molar-refractivity contribution in [3.63, 3.8) is 0 Å². The van der Waals surface area contributed by atoms with Crippen molar-refractivity contribution >= 4 is 10.0 Å². The van der Waals surface area contributed by atoms with Gasteiger partial charge in [-0.15, -0.1) is 0 Å². The number of rotatable bonds is 7. The molecular weight excluding hydrogens is 466 g/mol. The zero-order chi connectivity index (χ0) is 25.0. The second kappa shape index (κ2) is 10.8. The van der Waals surface area contributed by atoms with Crippen LogP contribution in [0.1, 0.15) is 19.4 Å². The number of fused-ring (bicyclic) bond motifs is 1. The lowest BCUT2D eigenvalue weighted by atomic mass is 10.0. The lowest BCUT2D eigenvalue weighted by molar-refractivity contribution is 0.0733. The number of nitrogens with zero attached hydrogens (tertiary/aromatic N) is 5. The lowest BCUT2D eigenvalue weighted by Gasteiger charge is -2.37. The number of likely N-dealkylation sites (N-methyl/N-ethyl adjacent to an activating group) is 1. The zero-order valence-electron chi connectivity index (χ0n) is 20.2. The van der Waals surface area contributed by atoms with Crippen LogP contribution in [0, 0.1) is 5.92 Å². The van der Waals surface area contributed by atoms with E-state index >= 15 is 0 Å². The van der Waals surface area contributed by atoms with E-state index in [1.54, 1.807) is 49.9 Å². The first-order chi connectivity index (χ1) is 16.8. The Balaban J connectivity index is 1.72. The predicted molar refractivity (Wildman–Crippen MR) is 132 cm³/mol. The fourth-order valence-corrected chi connectivity index (χ4v) is 6.08. The maximum absolute atomic E-state index is 13.6. The van der Waals surface area contributed by atoms with Gasteiger partial charge in [0.1, 0.15) is 23.1 Å². The molecule has 3 atom stereocenters. The number of ether oxygens (including phenoxy) is 1. The van der Waals surface area contributed by atoms with E-state index in [1.807, 2.05) is 26.1 Å². The molecule has 0 fully saturated rings. The fraction of sp³-hybridized carbons (Fsp3) is 0.400. The van der Waals surface area contributed by atoms with Gasteiger partial charge in [-0.05, 0) is 37.7 Å². The highest BCUT2D eigenvalue weighted by atomic mass is 32.2. The average Bonchev–Trinajstić information content (AvgIpc) is 2.86. The van der Waals surface area contributed by atoms with E-state index in [4.69, 9.17) is 4.74 Å². The summed E-state index contributed by atoms with van der Waals surface area (Å²) in [6.07, 6.45) is 8.18. The second-order valence-corrected chi connectivity index (χ2v) is 10.9. The Morgan fingerprint density at radius 2 is 1.94 bits per heavy atom. The van der Waals surface area contributed by atoms with Gasteiger partial charge in [0, 0.05) is 67.5 Å². The molecule has 0 saturated carbocycles. The summed E-state index contributed by atoms with van der Waals surface area (Å²) < 4.78 is 35.1. The van der Waals surface area contributed by atoms with Crippen molar-refractivity contribution in [2.24, 2.45) is 5.92 Å². The molecule has 1 aliphatic heterocycles. The molecule has 0 saturated heterocycles. The first kappa shape index (κ1) is 25.2. The molecule has 0 amide bonds. The molecule has 1 aromatic carbocycles. The molecule has 3 heterocycles. The number of aromatic nitrogens is 3. The van der Waals surface area contributed by atoms with Crippen molar-refractivity contribution in [1.82, 2.24) is 24.2 Å². The summed E-state index contributed by atoms with van der Waals surface area (Å²) in [4.78, 5) is 14.5. The van der Waals surface area contributed by atoms with Crippen molar-refractivity contribution in [3.05, 3.63) is 67.0 Å². The zero-order valence-corrected chi connectivity index (χ0v) is 21.0. The Labute approximate surface area is 206 Å². The van der Waals surface area contributed by atoms with E-state index < -0.39 is 16.1 Å². The first-order valence-corrected chi connectivity index (χ1v) is 13.0. The van der Waals surface area contributed by atoms with Crippen molar-refractivity contribution in [1.29, 1.82) is 0 Å². The summed E-state index contributed by atoms with van der Waals surface area (Å²) in [5.41, 5.74) is 2.66. The number of aliphatic hydroxyl groups excluding tert-OH is 1. The average molecular weight is 498 g/mol. The number of benzene rings is 1. The van der Waals surface area contributed by atoms with Gasteiger partial charge in [0.2, 0.25) is 10.0 Å². The molecule has 1 N–H and O–H groups in total. The van der Waals surface area contributed by atoms with E-state index in [0.717, 1.165) is 16.7 Å². The molecule has 3 aromatic rings. The smallest absolute Gasteiger partial charge is 0.247 e. The Kier molecular flexibility index (Phi) is 7.75. The van der Waals surface area contributed by atoms with E-state index in [-0.39, 0.29) is 30.1 Å². The van der Waals surface area contributed by atoms with Gasteiger partial charge in [-0.2, -0.15) is 4.31 Å². The number of hydrogen-bond donors (Lipinski definition) is 1. The predicted octanol–water partition coefficient (Wildman–Crippen LogP) is 2.44. The quantitative estimate of drug-likeness (QED) is 0.530. The minimum Gasteiger partial charge on any atom is -0.487 e. The van der Waals surface area contributed by atoms with Crippen LogP contribution in [0.4, 0.5) is 0 Å². The maximum atomic E-state index is 13.6. The van der Waals surface area contributed by atoms with Gasteiger partial charge in [0.15, 0.2) is 0 Å². The molecule has 4 rings (SSSR count). The number of hydrogen-bond acceptors (Lipinski definition) is 8. The van der Waals surface area contributed by atoms with Crippen molar-refractivity contribution in [3.8, 4) is 16.9 Å². The van der Waals surface area contributed by atoms with Crippen molar-refractivity contribution < 1.29 is 18.3 Å². The summed E-state index contributed by atoms with van der Waals surface area (Å²) >= 11 is 0. The van der Waals surface area contributed by atoms with Crippen LogP contribution in [0.15, 0.2) is 66.3 Å². The van der Waals surface area contributed by atoms with Crippen LogP contribution in [0.2, 0.25) is 0 Å². The molecule has 10 heteroatoms. The van der Waals surface area contributed by atoms with Crippen molar-refractivity contribution in [2.45, 2.75) is 37.4 Å². The van der Waals surface area contributed by atoms with Crippen LogP contribution in [0.3, 0.4) is 0 Å². The van der Waals surface area contributed by atoms with Crippen LogP contribution in [-0.2, 0) is 16.6 Å². The lowest BCUT2D eigenvalue weighted by Crippen LogP contribution is -2.49. The number of sulfonamides is 1. The second-order valence-electron chi connectivity index (χ2n) is 9.09. The molecule has 9 nitrogen and oxygen atoms in total. The van der Waals surface area contributed by atoms with Gasteiger partial charge in [-0.1, -0.05) is 19.1 Å². The third kappa shape index (κ3) is 5.67. The molecular formula is C25H31N5O4S. The molecule has 0 aliphatic carbocycles. The Bertz CT molecular complexity index is 1230. The van der Waals surface area contributed by atoms with E-state index in [2.05, 4.69) is 19.9 Å². The monoisotopic (exact) mass is 497 g/mol. The van der Waals surface area contributed by atoms with Gasteiger partial charge < -0.3 is 9.84 Å². The summed E-state index contributed by atoms with van der Waals surface area (Å²) in [6.45, 7) is 4.86. The van der Waals surface area contributed by atoms with Crippen LogP contribution >= 0.6 is 0 Å². The maximum Gasteiger partial charge on any atom is 0.247 e. The number of aliphatic hydroxyl groups is 1. The van der Waals surface area contributed by atoms with Crippen LogP contribution in [0.25, 0.3) is 11.1 Å². The van der Waals surface area contributed by atoms with Gasteiger partial charge >= 0.3 is 0 Å². The van der Waals surface area contributed by atoms with Gasteiger partial charge in [-0.25, -0.2) is 18.4 Å². The first-order valence-electron chi connectivity index (χ1n) is 11.6. The summed E-state index contributed by atoms with van der Waals surface area (Å²) in [7, 11) is -1.90. The minimum absolute atomic E-state index is 0.0986. The number of pyridine rings is 1. The third-order valence-corrected chi connectivity index (χ3v) is 8.24. The summed E-state index contributed by atoms with van der Waals surface area (Å²) in [5.74, 6) is 0.165. The molecule has 35 heavy (non-hydrogen) atoms. The highest BCUT2D eigenvalue weighted by Crippen LogP contribution is 2.36. The Morgan fingerprint density at radius 1 is 1.17 bits per heavy atom. The normalized spacial score (nSPS) is 20.9. The highest BCUT2D eigenvalue weighted by molar-refractivity contribution is 7.89. The molecule has 1 aliphatic rings. The SMILES string of the molecule is C[C@@H]1CN([C@@H](C)CO)S(=O)(=O)c2ccc(-c3cccnc3)cc2O[C@H]1CN(C)Cc1cncnc1. The molecule has 0 spiro atoms. The van der Waals surface area contributed by atoms with Crippen LogP contribution in [-0.4, -0.2) is 76.6 Å². The third-order valence-electron chi connectivity index (χ3n) is 6.22. The van der Waals surface area contributed by atoms with Gasteiger partial charge in [-0.3, -0.25) is 9.88 Å². The van der Waals surface area contributed by atoms with Crippen LogP contribution < -0.4 is 4.74 Å². The minimum atomic E-state index is -3.88. The van der Waals surface area contributed by atoms with Crippen LogP contribution in [0.5, 0.6) is 5.75 Å². The largest absolute Gasteiger partial charge is 0.487 e. The fourth-order valence-electron chi connectivity index (χ4n) is 4.25. The Hall–Kier alpha value is -2.92. The van der Waals surface area contributed by atoms with E-state index in [0.29, 0.717) is 18.8 Å². The molecule has 2 aromatic heterocycles. The van der Waals surface area contributed by atoms with E-state index in [9.17, 15) is 13.5 Å². The molecule has 186 valence electrons. The Morgan fingerprint density at radius 3 is 2.63 bits per heavy atom. The molecule has 0 unspecified atom stereocenters. The van der Waals surface area contributed by atoms with Gasteiger partial charge in [0.25, 0.3) is 0 Å². The molecule has 0 radical (unpaired) electrons. The van der Waals surface area contributed by atoms with E-state index in [1.165, 1.54) is 10.6 Å². The van der Waals surface area contributed by atoms with Crippen molar-refractivity contribution in [2.75, 3.05) is 26.7 Å². The highest BCUT2D eigenvalue weighted by Gasteiger charge is 2.38. The topological polar surface area (TPSA) is 109 Å². The summed E-state index contributed by atoms with van der Waals surface area (Å²) in [6, 6.07) is 8.30.